The van der Waals surface area contributed by atoms with E-state index < -0.39 is 11.8 Å². The van der Waals surface area contributed by atoms with Crippen LogP contribution < -0.4 is 10.1 Å². The fraction of sp³-hybridized carbons (Fsp3) is 0.250. The van der Waals surface area contributed by atoms with Crippen LogP contribution in [0.4, 0.5) is 10.1 Å². The van der Waals surface area contributed by atoms with E-state index in [4.69, 9.17) is 10.00 Å². The minimum atomic E-state index is -0.751. The summed E-state index contributed by atoms with van der Waals surface area (Å²) in [5, 5.41) is 11.2. The molecule has 0 radical (unpaired) electrons. The fourth-order valence-electron chi connectivity index (χ4n) is 1.38. The number of carbonyl (C=O) groups is 1. The van der Waals surface area contributed by atoms with E-state index in [1.165, 1.54) is 14.2 Å². The minimum absolute atomic E-state index is 0.0664. The Morgan fingerprint density at radius 2 is 2.20 bits per heavy atom. The van der Waals surface area contributed by atoms with Crippen LogP contribution in [0.2, 0.25) is 0 Å². The fourth-order valence-corrected chi connectivity index (χ4v) is 1.71. The SMILES string of the molecule is COC(=O)c1cc(F)cc(OC)c1N=C(NC#N)SC. The number of esters is 1. The Balaban J connectivity index is 3.49. The zero-order valence-corrected chi connectivity index (χ0v) is 11.9. The first-order chi connectivity index (χ1) is 9.57. The maximum Gasteiger partial charge on any atom is 0.340 e. The van der Waals surface area contributed by atoms with Gasteiger partial charge in [-0.3, -0.25) is 5.32 Å². The number of benzene rings is 1. The van der Waals surface area contributed by atoms with Crippen LogP contribution in [0.5, 0.6) is 5.75 Å². The molecule has 0 bridgehead atoms. The van der Waals surface area contributed by atoms with Crippen molar-refractivity contribution < 1.29 is 18.7 Å². The Labute approximate surface area is 119 Å². The molecular formula is C12H12FN3O3S. The van der Waals surface area contributed by atoms with Crippen molar-refractivity contribution in [2.45, 2.75) is 0 Å². The van der Waals surface area contributed by atoms with Crippen molar-refractivity contribution in [3.63, 3.8) is 0 Å². The number of hydrogen-bond donors (Lipinski definition) is 1. The van der Waals surface area contributed by atoms with Crippen molar-refractivity contribution in [3.05, 3.63) is 23.5 Å². The first-order valence-electron chi connectivity index (χ1n) is 5.31. The highest BCUT2D eigenvalue weighted by Crippen LogP contribution is 2.33. The molecule has 20 heavy (non-hydrogen) atoms. The smallest absolute Gasteiger partial charge is 0.340 e. The van der Waals surface area contributed by atoms with E-state index in [9.17, 15) is 9.18 Å². The van der Waals surface area contributed by atoms with Crippen molar-refractivity contribution in [2.24, 2.45) is 4.99 Å². The summed E-state index contributed by atoms with van der Waals surface area (Å²) in [7, 11) is 2.50. The molecule has 0 amide bonds. The number of nitrogens with one attached hydrogen (secondary N) is 1. The molecule has 6 nitrogen and oxygen atoms in total. The Morgan fingerprint density at radius 3 is 2.70 bits per heavy atom. The number of hydrogen-bond acceptors (Lipinski definition) is 6. The second kappa shape index (κ2) is 7.35. The molecule has 8 heteroatoms. The van der Waals surface area contributed by atoms with Gasteiger partial charge in [0.2, 0.25) is 0 Å². The highest BCUT2D eigenvalue weighted by atomic mass is 32.2. The van der Waals surface area contributed by atoms with Crippen LogP contribution >= 0.6 is 11.8 Å². The van der Waals surface area contributed by atoms with Gasteiger partial charge < -0.3 is 9.47 Å². The van der Waals surface area contributed by atoms with Crippen molar-refractivity contribution >= 4 is 28.6 Å². The molecule has 1 aromatic carbocycles. The number of carbonyl (C=O) groups excluding carboxylic acids is 1. The van der Waals surface area contributed by atoms with Crippen molar-refractivity contribution in [3.8, 4) is 11.9 Å². The Kier molecular flexibility index (Phi) is 5.80. The lowest BCUT2D eigenvalue weighted by Gasteiger charge is -2.10. The number of rotatable bonds is 3. The zero-order valence-electron chi connectivity index (χ0n) is 11.1. The number of methoxy groups -OCH3 is 2. The highest BCUT2D eigenvalue weighted by molar-refractivity contribution is 8.13. The van der Waals surface area contributed by atoms with Gasteiger partial charge in [-0.05, 0) is 12.3 Å². The summed E-state index contributed by atoms with van der Waals surface area (Å²) in [5.41, 5.74) is 0.00323. The molecule has 0 aromatic heterocycles. The average Bonchev–Trinajstić information content (AvgIpc) is 2.46. The third kappa shape index (κ3) is 3.61. The number of ether oxygens (including phenoxy) is 2. The van der Waals surface area contributed by atoms with Crippen LogP contribution in [0, 0.1) is 17.3 Å². The van der Waals surface area contributed by atoms with Gasteiger partial charge in [-0.1, -0.05) is 11.8 Å². The summed E-state index contributed by atoms with van der Waals surface area (Å²) >= 11 is 1.16. The topological polar surface area (TPSA) is 83.7 Å². The summed E-state index contributed by atoms with van der Waals surface area (Å²) in [4.78, 5) is 15.8. The molecule has 1 aromatic rings. The Morgan fingerprint density at radius 1 is 1.50 bits per heavy atom. The van der Waals surface area contributed by atoms with E-state index in [1.54, 1.807) is 12.4 Å². The average molecular weight is 297 g/mol. The highest BCUT2D eigenvalue weighted by Gasteiger charge is 2.19. The maximum atomic E-state index is 13.4. The number of nitrogens with zero attached hydrogens (tertiary/aromatic N) is 2. The van der Waals surface area contributed by atoms with Crippen molar-refractivity contribution in [1.82, 2.24) is 5.32 Å². The number of thioether (sulfide) groups is 1. The third-order valence-electron chi connectivity index (χ3n) is 2.23. The van der Waals surface area contributed by atoms with E-state index in [1.807, 2.05) is 0 Å². The lowest BCUT2D eigenvalue weighted by atomic mass is 10.1. The molecule has 0 atom stereocenters. The zero-order chi connectivity index (χ0) is 15.1. The molecule has 0 saturated carbocycles. The van der Waals surface area contributed by atoms with E-state index in [0.29, 0.717) is 0 Å². The van der Waals surface area contributed by atoms with E-state index in [0.717, 1.165) is 23.9 Å². The summed E-state index contributed by atoms with van der Waals surface area (Å²) in [5.74, 6) is -1.34. The van der Waals surface area contributed by atoms with E-state index in [-0.39, 0.29) is 22.2 Å². The summed E-state index contributed by atoms with van der Waals surface area (Å²) in [6, 6.07) is 2.09. The van der Waals surface area contributed by atoms with Gasteiger partial charge in [0.05, 0.1) is 19.8 Å². The summed E-state index contributed by atoms with van der Waals surface area (Å²) in [6.07, 6.45) is 3.41. The second-order valence-electron chi connectivity index (χ2n) is 3.35. The molecule has 0 heterocycles. The molecule has 0 saturated heterocycles. The van der Waals surface area contributed by atoms with E-state index in [2.05, 4.69) is 15.0 Å². The largest absolute Gasteiger partial charge is 0.494 e. The number of aliphatic imine (C=N–C) groups is 1. The van der Waals surface area contributed by atoms with Crippen LogP contribution in [0.3, 0.4) is 0 Å². The normalized spacial score (nSPS) is 10.7. The quantitative estimate of drug-likeness (QED) is 0.302. The van der Waals surface area contributed by atoms with Gasteiger partial charge >= 0.3 is 5.97 Å². The van der Waals surface area contributed by atoms with Gasteiger partial charge in [0.1, 0.15) is 17.3 Å². The van der Waals surface area contributed by atoms with Gasteiger partial charge in [0.25, 0.3) is 0 Å². The molecule has 0 aliphatic rings. The van der Waals surface area contributed by atoms with Crippen LogP contribution in [-0.4, -0.2) is 31.6 Å². The number of nitriles is 1. The minimum Gasteiger partial charge on any atom is -0.494 e. The molecule has 1 rings (SSSR count). The van der Waals surface area contributed by atoms with Gasteiger partial charge in [-0.2, -0.15) is 5.26 Å². The lowest BCUT2D eigenvalue weighted by molar-refractivity contribution is 0.0601. The molecule has 0 fully saturated rings. The van der Waals surface area contributed by atoms with Gasteiger partial charge in [0.15, 0.2) is 11.4 Å². The first kappa shape index (κ1) is 15.8. The lowest BCUT2D eigenvalue weighted by Crippen LogP contribution is -2.13. The van der Waals surface area contributed by atoms with Crippen molar-refractivity contribution in [1.29, 1.82) is 5.26 Å². The standard InChI is InChI=1S/C12H12FN3O3S/c1-18-9-5-7(13)4-8(11(17)19-2)10(9)16-12(20-3)15-6-14/h4-5H,1-3H3,(H,15,16). The van der Waals surface area contributed by atoms with Crippen LogP contribution in [0.25, 0.3) is 0 Å². The molecule has 0 spiro atoms. The Hall–Kier alpha value is -2.27. The molecule has 0 aliphatic carbocycles. The molecule has 0 unspecified atom stereocenters. The predicted octanol–water partition coefficient (Wildman–Crippen LogP) is 2.04. The second-order valence-corrected chi connectivity index (χ2v) is 4.15. The van der Waals surface area contributed by atoms with E-state index >= 15 is 0 Å². The number of amidine groups is 1. The van der Waals surface area contributed by atoms with Gasteiger partial charge in [0, 0.05) is 6.07 Å². The predicted molar refractivity (Wildman–Crippen MR) is 73.7 cm³/mol. The summed E-state index contributed by atoms with van der Waals surface area (Å²) < 4.78 is 23.0. The summed E-state index contributed by atoms with van der Waals surface area (Å²) in [6.45, 7) is 0. The first-order valence-corrected chi connectivity index (χ1v) is 6.53. The van der Waals surface area contributed by atoms with Crippen LogP contribution in [-0.2, 0) is 4.74 Å². The maximum absolute atomic E-state index is 13.4. The van der Waals surface area contributed by atoms with Gasteiger partial charge in [-0.25, -0.2) is 14.2 Å². The molecule has 0 aliphatic heterocycles. The van der Waals surface area contributed by atoms with Crippen molar-refractivity contribution in [2.75, 3.05) is 20.5 Å². The Bertz CT molecular complexity index is 584. The van der Waals surface area contributed by atoms with Crippen LogP contribution in [0.15, 0.2) is 17.1 Å². The third-order valence-corrected chi connectivity index (χ3v) is 2.81. The molecule has 1 N–H and O–H groups in total. The molecular weight excluding hydrogens is 285 g/mol. The van der Waals surface area contributed by atoms with Gasteiger partial charge in [-0.15, -0.1) is 0 Å². The van der Waals surface area contributed by atoms with Crippen LogP contribution in [0.1, 0.15) is 10.4 Å². The number of halogens is 1. The monoisotopic (exact) mass is 297 g/mol. The molecule has 106 valence electrons.